The summed E-state index contributed by atoms with van der Waals surface area (Å²) < 4.78 is 0. The fourth-order valence-corrected chi connectivity index (χ4v) is 2.70. The predicted octanol–water partition coefficient (Wildman–Crippen LogP) is -1.34. The van der Waals surface area contributed by atoms with Crippen LogP contribution in [0.1, 0.15) is 6.92 Å². The van der Waals surface area contributed by atoms with Gasteiger partial charge >= 0.3 is 6.03 Å². The molecule has 2 rings (SSSR count). The van der Waals surface area contributed by atoms with E-state index in [-0.39, 0.29) is 29.6 Å². The first kappa shape index (κ1) is 14.0. The molecule has 4 amide bonds. The third kappa shape index (κ3) is 2.94. The van der Waals surface area contributed by atoms with E-state index in [1.807, 2.05) is 0 Å². The van der Waals surface area contributed by atoms with Crippen LogP contribution in [0, 0.1) is 0 Å². The van der Waals surface area contributed by atoms with Crippen molar-refractivity contribution in [3.05, 3.63) is 0 Å². The summed E-state index contributed by atoms with van der Waals surface area (Å²) in [5, 5.41) is 5.35. The Bertz CT molecular complexity index is 403. The van der Waals surface area contributed by atoms with Crippen LogP contribution in [0.4, 0.5) is 4.79 Å². The number of hydrogen-bond acceptors (Lipinski definition) is 4. The second kappa shape index (κ2) is 5.68. The van der Waals surface area contributed by atoms with E-state index >= 15 is 0 Å². The molecule has 2 atom stereocenters. The molecule has 106 valence electrons. The van der Waals surface area contributed by atoms with Gasteiger partial charge < -0.3 is 20.4 Å². The Kier molecular flexibility index (Phi) is 4.18. The summed E-state index contributed by atoms with van der Waals surface area (Å²) in [5.41, 5.74) is 0. The van der Waals surface area contributed by atoms with Crippen molar-refractivity contribution < 1.29 is 14.4 Å². The highest BCUT2D eigenvalue weighted by atomic mass is 32.1. The zero-order chi connectivity index (χ0) is 14.0. The molecular weight excluding hydrogens is 268 g/mol. The average molecular weight is 286 g/mol. The number of urea groups is 1. The lowest BCUT2D eigenvalue weighted by Gasteiger charge is -2.37. The minimum atomic E-state index is -0.600. The highest BCUT2D eigenvalue weighted by Gasteiger charge is 2.38. The van der Waals surface area contributed by atoms with Gasteiger partial charge in [-0.25, -0.2) is 4.79 Å². The van der Waals surface area contributed by atoms with Crippen LogP contribution in [0.2, 0.25) is 0 Å². The molecule has 2 aliphatic rings. The van der Waals surface area contributed by atoms with Crippen LogP contribution in [-0.4, -0.2) is 71.7 Å². The lowest BCUT2D eigenvalue weighted by molar-refractivity contribution is -0.137. The van der Waals surface area contributed by atoms with Gasteiger partial charge in [0, 0.05) is 38.9 Å². The quantitative estimate of drug-likeness (QED) is 0.562. The SMILES string of the molecule is CC(=O)NC(CS)C(=O)N1CCN2C(=O)NCC2C1. The zero-order valence-corrected chi connectivity index (χ0v) is 11.7. The van der Waals surface area contributed by atoms with Crippen molar-refractivity contribution in [2.24, 2.45) is 0 Å². The minimum absolute atomic E-state index is 0.0306. The van der Waals surface area contributed by atoms with Crippen molar-refractivity contribution in [1.82, 2.24) is 20.4 Å². The lowest BCUT2D eigenvalue weighted by atomic mass is 10.1. The number of thiol groups is 1. The maximum absolute atomic E-state index is 12.3. The maximum atomic E-state index is 12.3. The molecule has 0 spiro atoms. The first-order valence-electron chi connectivity index (χ1n) is 6.24. The van der Waals surface area contributed by atoms with Gasteiger partial charge in [0.2, 0.25) is 11.8 Å². The van der Waals surface area contributed by atoms with Crippen LogP contribution in [-0.2, 0) is 9.59 Å². The molecule has 8 heteroatoms. The number of nitrogens with one attached hydrogen (secondary N) is 2. The summed E-state index contributed by atoms with van der Waals surface area (Å²) in [6.45, 7) is 3.46. The van der Waals surface area contributed by atoms with Crippen molar-refractivity contribution in [3.63, 3.8) is 0 Å². The molecule has 2 N–H and O–H groups in total. The van der Waals surface area contributed by atoms with Crippen LogP contribution >= 0.6 is 12.6 Å². The van der Waals surface area contributed by atoms with Gasteiger partial charge in [0.05, 0.1) is 6.04 Å². The minimum Gasteiger partial charge on any atom is -0.344 e. The number of piperazine rings is 1. The van der Waals surface area contributed by atoms with E-state index in [2.05, 4.69) is 23.3 Å². The van der Waals surface area contributed by atoms with Crippen molar-refractivity contribution in [1.29, 1.82) is 0 Å². The Morgan fingerprint density at radius 2 is 2.26 bits per heavy atom. The highest BCUT2D eigenvalue weighted by molar-refractivity contribution is 7.80. The van der Waals surface area contributed by atoms with Gasteiger partial charge in [-0.1, -0.05) is 0 Å². The van der Waals surface area contributed by atoms with E-state index in [1.165, 1.54) is 6.92 Å². The Balaban J connectivity index is 1.97. The number of fused-ring (bicyclic) bond motifs is 1. The topological polar surface area (TPSA) is 81.8 Å². The van der Waals surface area contributed by atoms with Crippen LogP contribution < -0.4 is 10.6 Å². The molecule has 0 aromatic rings. The van der Waals surface area contributed by atoms with Gasteiger partial charge in [-0.15, -0.1) is 0 Å². The summed E-state index contributed by atoms with van der Waals surface area (Å²) in [4.78, 5) is 38.2. The molecule has 19 heavy (non-hydrogen) atoms. The maximum Gasteiger partial charge on any atom is 0.317 e. The van der Waals surface area contributed by atoms with E-state index in [9.17, 15) is 14.4 Å². The molecule has 0 radical (unpaired) electrons. The summed E-state index contributed by atoms with van der Waals surface area (Å²) in [6.07, 6.45) is 0. The molecule has 0 aromatic carbocycles. The number of amides is 4. The Morgan fingerprint density at radius 1 is 1.53 bits per heavy atom. The van der Waals surface area contributed by atoms with Gasteiger partial charge in [-0.2, -0.15) is 12.6 Å². The molecule has 0 saturated carbocycles. The number of nitrogens with zero attached hydrogens (tertiary/aromatic N) is 2. The molecular formula is C11H18N4O3S. The van der Waals surface area contributed by atoms with Crippen LogP contribution in [0.15, 0.2) is 0 Å². The number of carbonyl (C=O) groups is 3. The molecule has 2 saturated heterocycles. The number of carbonyl (C=O) groups excluding carboxylic acids is 3. The average Bonchev–Trinajstić information content (AvgIpc) is 2.76. The van der Waals surface area contributed by atoms with Crippen molar-refractivity contribution >= 4 is 30.5 Å². The summed E-state index contributed by atoms with van der Waals surface area (Å²) in [7, 11) is 0. The molecule has 2 aliphatic heterocycles. The predicted molar refractivity (Wildman–Crippen MR) is 71.9 cm³/mol. The Morgan fingerprint density at radius 3 is 2.89 bits per heavy atom. The van der Waals surface area contributed by atoms with E-state index in [0.29, 0.717) is 26.2 Å². The molecule has 7 nitrogen and oxygen atoms in total. The van der Waals surface area contributed by atoms with Gasteiger partial charge in [0.15, 0.2) is 0 Å². The van der Waals surface area contributed by atoms with Crippen molar-refractivity contribution in [3.8, 4) is 0 Å². The fraction of sp³-hybridized carbons (Fsp3) is 0.727. The molecule has 2 heterocycles. The lowest BCUT2D eigenvalue weighted by Crippen LogP contribution is -2.58. The first-order chi connectivity index (χ1) is 9.02. The standard InChI is InChI=1S/C11H18N4O3S/c1-7(16)13-9(6-19)10(17)14-2-3-15-8(5-14)4-12-11(15)18/h8-9,19H,2-6H2,1H3,(H,12,18)(H,13,16). The molecule has 0 aliphatic carbocycles. The van der Waals surface area contributed by atoms with Crippen molar-refractivity contribution in [2.45, 2.75) is 19.0 Å². The van der Waals surface area contributed by atoms with Crippen molar-refractivity contribution in [2.75, 3.05) is 31.9 Å². The molecule has 0 bridgehead atoms. The van der Waals surface area contributed by atoms with Crippen LogP contribution in [0.5, 0.6) is 0 Å². The first-order valence-corrected chi connectivity index (χ1v) is 6.87. The largest absolute Gasteiger partial charge is 0.344 e. The smallest absolute Gasteiger partial charge is 0.317 e. The second-order valence-electron chi connectivity index (χ2n) is 4.75. The van der Waals surface area contributed by atoms with E-state index in [0.717, 1.165) is 0 Å². The van der Waals surface area contributed by atoms with Gasteiger partial charge in [-0.3, -0.25) is 9.59 Å². The second-order valence-corrected chi connectivity index (χ2v) is 5.12. The Hall–Kier alpha value is -1.44. The van der Waals surface area contributed by atoms with E-state index in [1.54, 1.807) is 9.80 Å². The van der Waals surface area contributed by atoms with E-state index < -0.39 is 6.04 Å². The monoisotopic (exact) mass is 286 g/mol. The third-order valence-corrected chi connectivity index (χ3v) is 3.77. The number of hydrogen-bond donors (Lipinski definition) is 3. The molecule has 2 unspecified atom stereocenters. The Labute approximate surface area is 117 Å². The van der Waals surface area contributed by atoms with Gasteiger partial charge in [0.25, 0.3) is 0 Å². The van der Waals surface area contributed by atoms with E-state index in [4.69, 9.17) is 0 Å². The normalized spacial score (nSPS) is 23.7. The van der Waals surface area contributed by atoms with Crippen LogP contribution in [0.3, 0.4) is 0 Å². The summed E-state index contributed by atoms with van der Waals surface area (Å²) in [5.74, 6) is -0.117. The zero-order valence-electron chi connectivity index (χ0n) is 10.8. The highest BCUT2D eigenvalue weighted by Crippen LogP contribution is 2.15. The fourth-order valence-electron chi connectivity index (χ4n) is 2.46. The summed E-state index contributed by atoms with van der Waals surface area (Å²) in [6, 6.07) is -0.634. The third-order valence-electron chi connectivity index (χ3n) is 3.40. The van der Waals surface area contributed by atoms with Gasteiger partial charge in [0.1, 0.15) is 6.04 Å². The number of rotatable bonds is 3. The molecule has 2 fully saturated rings. The van der Waals surface area contributed by atoms with Gasteiger partial charge in [-0.05, 0) is 0 Å². The van der Waals surface area contributed by atoms with Crippen LogP contribution in [0.25, 0.3) is 0 Å². The molecule has 0 aromatic heterocycles. The summed E-state index contributed by atoms with van der Waals surface area (Å²) >= 11 is 4.10.